The van der Waals surface area contributed by atoms with E-state index in [1.165, 1.54) is 24.3 Å². The molecule has 1 aliphatic heterocycles. The van der Waals surface area contributed by atoms with Gasteiger partial charge in [0.05, 0.1) is 11.5 Å². The van der Waals surface area contributed by atoms with Crippen molar-refractivity contribution in [1.29, 1.82) is 0 Å². The molecule has 146 valence electrons. The smallest absolute Gasteiger partial charge is 0.339 e. The van der Waals surface area contributed by atoms with Crippen molar-refractivity contribution in [3.63, 3.8) is 0 Å². The Kier molecular flexibility index (Phi) is 4.89. The Morgan fingerprint density at radius 1 is 1.11 bits per heavy atom. The Labute approximate surface area is 158 Å². The normalized spacial score (nSPS) is 17.9. The number of hydrogen-bond donors (Lipinski definition) is 0. The molecule has 4 rings (SSSR count). The van der Waals surface area contributed by atoms with Crippen LogP contribution in [0.2, 0.25) is 0 Å². The molecule has 2 aromatic carbocycles. The molecule has 0 spiro atoms. The number of benzene rings is 2. The van der Waals surface area contributed by atoms with Gasteiger partial charge in [-0.2, -0.15) is 18.2 Å². The van der Waals surface area contributed by atoms with Crippen LogP contribution in [0.5, 0.6) is 0 Å². The van der Waals surface area contributed by atoms with Crippen LogP contribution >= 0.6 is 0 Å². The summed E-state index contributed by atoms with van der Waals surface area (Å²) in [6.45, 7) is 2.08. The van der Waals surface area contributed by atoms with Crippen molar-refractivity contribution in [2.75, 3.05) is 13.1 Å². The third kappa shape index (κ3) is 4.06. The summed E-state index contributed by atoms with van der Waals surface area (Å²) in [6, 6.07) is 11.3. The number of aromatic nitrogens is 2. The maximum absolute atomic E-state index is 13.3. The average Bonchev–Trinajstić information content (AvgIpc) is 3.30. The summed E-state index contributed by atoms with van der Waals surface area (Å²) in [5, 5.41) is 3.85. The van der Waals surface area contributed by atoms with E-state index in [1.54, 1.807) is 6.07 Å². The lowest BCUT2D eigenvalue weighted by Gasteiger charge is -2.15. The first-order valence-corrected chi connectivity index (χ1v) is 8.86. The minimum atomic E-state index is -4.43. The lowest BCUT2D eigenvalue weighted by atomic mass is 10.1. The van der Waals surface area contributed by atoms with E-state index < -0.39 is 11.7 Å². The van der Waals surface area contributed by atoms with Crippen LogP contribution in [-0.2, 0) is 12.7 Å². The Bertz CT molecular complexity index is 970. The van der Waals surface area contributed by atoms with E-state index >= 15 is 0 Å². The van der Waals surface area contributed by atoms with E-state index in [-0.39, 0.29) is 23.1 Å². The number of rotatable bonds is 4. The molecule has 8 heteroatoms. The van der Waals surface area contributed by atoms with Crippen molar-refractivity contribution in [1.82, 2.24) is 15.0 Å². The van der Waals surface area contributed by atoms with Crippen LogP contribution in [0, 0.1) is 5.82 Å². The Morgan fingerprint density at radius 2 is 1.93 bits per heavy atom. The molecule has 1 atom stereocenters. The van der Waals surface area contributed by atoms with Gasteiger partial charge in [0.1, 0.15) is 5.82 Å². The van der Waals surface area contributed by atoms with Crippen LogP contribution in [0.4, 0.5) is 17.6 Å². The van der Waals surface area contributed by atoms with Gasteiger partial charge in [-0.05, 0) is 42.8 Å². The second-order valence-electron chi connectivity index (χ2n) is 6.89. The van der Waals surface area contributed by atoms with E-state index in [0.29, 0.717) is 19.0 Å². The van der Waals surface area contributed by atoms with E-state index in [9.17, 15) is 17.6 Å². The van der Waals surface area contributed by atoms with Gasteiger partial charge < -0.3 is 4.52 Å². The minimum Gasteiger partial charge on any atom is -0.339 e. The molecule has 0 N–H and O–H groups in total. The molecule has 0 amide bonds. The highest BCUT2D eigenvalue weighted by atomic mass is 19.4. The zero-order chi connectivity index (χ0) is 19.7. The van der Waals surface area contributed by atoms with Crippen molar-refractivity contribution in [3.05, 3.63) is 71.4 Å². The van der Waals surface area contributed by atoms with Crippen LogP contribution in [0.15, 0.2) is 53.1 Å². The highest BCUT2D eigenvalue weighted by Gasteiger charge is 2.31. The zero-order valence-electron chi connectivity index (χ0n) is 14.8. The first kappa shape index (κ1) is 18.6. The monoisotopic (exact) mass is 391 g/mol. The predicted octanol–water partition coefficient (Wildman–Crippen LogP) is 4.88. The quantitative estimate of drug-likeness (QED) is 0.595. The molecule has 2 heterocycles. The third-order valence-electron chi connectivity index (χ3n) is 4.81. The summed E-state index contributed by atoms with van der Waals surface area (Å²) in [5.74, 6) is 0.287. The molecule has 1 saturated heterocycles. The maximum Gasteiger partial charge on any atom is 0.416 e. The van der Waals surface area contributed by atoms with E-state index in [4.69, 9.17) is 4.52 Å². The topological polar surface area (TPSA) is 42.2 Å². The molecule has 1 fully saturated rings. The SMILES string of the molecule is Fc1cccc(CN2CC[C@@H](c3nc(-c4cccc(C(F)(F)F)c4)no3)C2)c1. The van der Waals surface area contributed by atoms with Crippen molar-refractivity contribution in [3.8, 4) is 11.4 Å². The summed E-state index contributed by atoms with van der Waals surface area (Å²) < 4.78 is 57.3. The van der Waals surface area contributed by atoms with Crippen molar-refractivity contribution in [2.45, 2.75) is 25.1 Å². The van der Waals surface area contributed by atoms with E-state index in [0.717, 1.165) is 30.7 Å². The van der Waals surface area contributed by atoms with Gasteiger partial charge in [-0.1, -0.05) is 29.4 Å². The Morgan fingerprint density at radius 3 is 2.71 bits per heavy atom. The van der Waals surface area contributed by atoms with Crippen molar-refractivity contribution < 1.29 is 22.1 Å². The van der Waals surface area contributed by atoms with E-state index in [2.05, 4.69) is 15.0 Å². The lowest BCUT2D eigenvalue weighted by Crippen LogP contribution is -2.19. The van der Waals surface area contributed by atoms with Gasteiger partial charge in [-0.3, -0.25) is 4.90 Å². The number of nitrogens with zero attached hydrogens (tertiary/aromatic N) is 3. The molecule has 0 unspecified atom stereocenters. The van der Waals surface area contributed by atoms with Gasteiger partial charge in [0, 0.05) is 18.7 Å². The fraction of sp³-hybridized carbons (Fsp3) is 0.300. The number of alkyl halides is 3. The average molecular weight is 391 g/mol. The van der Waals surface area contributed by atoms with Gasteiger partial charge in [-0.25, -0.2) is 4.39 Å². The molecule has 0 bridgehead atoms. The Hall–Kier alpha value is -2.74. The van der Waals surface area contributed by atoms with Crippen LogP contribution in [-0.4, -0.2) is 28.1 Å². The Balaban J connectivity index is 1.45. The fourth-order valence-corrected chi connectivity index (χ4v) is 3.42. The molecule has 0 saturated carbocycles. The van der Waals surface area contributed by atoms with Crippen LogP contribution in [0.25, 0.3) is 11.4 Å². The lowest BCUT2D eigenvalue weighted by molar-refractivity contribution is -0.137. The number of likely N-dealkylation sites (tertiary alicyclic amines) is 1. The zero-order valence-corrected chi connectivity index (χ0v) is 14.8. The molecule has 28 heavy (non-hydrogen) atoms. The van der Waals surface area contributed by atoms with Crippen LogP contribution in [0.1, 0.15) is 29.4 Å². The number of halogens is 4. The molecule has 1 aliphatic rings. The summed E-state index contributed by atoms with van der Waals surface area (Å²) in [6.07, 6.45) is -3.63. The largest absolute Gasteiger partial charge is 0.416 e. The summed E-state index contributed by atoms with van der Waals surface area (Å²) >= 11 is 0. The summed E-state index contributed by atoms with van der Waals surface area (Å²) in [7, 11) is 0. The van der Waals surface area contributed by atoms with Crippen molar-refractivity contribution in [2.24, 2.45) is 0 Å². The molecule has 4 nitrogen and oxygen atoms in total. The molecule has 3 aromatic rings. The second kappa shape index (κ2) is 7.35. The first-order chi connectivity index (χ1) is 13.4. The van der Waals surface area contributed by atoms with Gasteiger partial charge in [0.25, 0.3) is 0 Å². The minimum absolute atomic E-state index is 0.000563. The molecule has 0 radical (unpaired) electrons. The standard InChI is InChI=1S/C20H17F4N3O/c21-17-6-1-3-13(9-17)11-27-8-7-15(12-27)19-25-18(26-28-19)14-4-2-5-16(10-14)20(22,23)24/h1-6,9-10,15H,7-8,11-12H2/t15-/m1/s1. The highest BCUT2D eigenvalue weighted by molar-refractivity contribution is 5.55. The van der Waals surface area contributed by atoms with Crippen LogP contribution in [0.3, 0.4) is 0 Å². The third-order valence-corrected chi connectivity index (χ3v) is 4.81. The van der Waals surface area contributed by atoms with Gasteiger partial charge in [-0.15, -0.1) is 0 Å². The van der Waals surface area contributed by atoms with Gasteiger partial charge in [0.15, 0.2) is 0 Å². The van der Waals surface area contributed by atoms with Gasteiger partial charge in [0.2, 0.25) is 11.7 Å². The molecular weight excluding hydrogens is 374 g/mol. The summed E-state index contributed by atoms with van der Waals surface area (Å²) in [4.78, 5) is 6.47. The predicted molar refractivity (Wildman–Crippen MR) is 93.8 cm³/mol. The second-order valence-corrected chi connectivity index (χ2v) is 6.89. The fourth-order valence-electron chi connectivity index (χ4n) is 3.42. The van der Waals surface area contributed by atoms with Crippen molar-refractivity contribution >= 4 is 0 Å². The number of hydrogen-bond acceptors (Lipinski definition) is 4. The van der Waals surface area contributed by atoms with Crippen LogP contribution < -0.4 is 0 Å². The molecular formula is C20H17F4N3O. The molecule has 1 aromatic heterocycles. The maximum atomic E-state index is 13.3. The van der Waals surface area contributed by atoms with E-state index in [1.807, 2.05) is 6.07 Å². The summed E-state index contributed by atoms with van der Waals surface area (Å²) in [5.41, 5.74) is 0.397. The highest BCUT2D eigenvalue weighted by Crippen LogP contribution is 2.33. The molecule has 0 aliphatic carbocycles. The van der Waals surface area contributed by atoms with Gasteiger partial charge >= 0.3 is 6.18 Å². The first-order valence-electron chi connectivity index (χ1n) is 8.86.